The van der Waals surface area contributed by atoms with E-state index < -0.39 is 67.9 Å². The fourth-order valence-electron chi connectivity index (χ4n) is 4.00. The maximum atomic E-state index is 12.6. The zero-order chi connectivity index (χ0) is 33.7. The summed E-state index contributed by atoms with van der Waals surface area (Å²) >= 11 is 0. The van der Waals surface area contributed by atoms with Crippen LogP contribution in [0.3, 0.4) is 0 Å². The lowest BCUT2D eigenvalue weighted by molar-refractivity contribution is -0.143. The monoisotopic (exact) mass is 633 g/mol. The first-order valence-corrected chi connectivity index (χ1v) is 14.2. The van der Waals surface area contributed by atoms with Gasteiger partial charge in [0.2, 0.25) is 11.8 Å². The molecule has 0 aromatic heterocycles. The number of carbonyl (C=O) groups excluding carboxylic acids is 3. The fourth-order valence-corrected chi connectivity index (χ4v) is 4.00. The van der Waals surface area contributed by atoms with Crippen molar-refractivity contribution >= 4 is 41.6 Å². The molecule has 0 aromatic carbocycles. The molecule has 0 radical (unpaired) electrons. The number of unbranched alkanes of at least 4 members (excludes halogenated alkanes) is 2. The second-order valence-electron chi connectivity index (χ2n) is 10.7. The molecule has 0 spiro atoms. The van der Waals surface area contributed by atoms with E-state index in [4.69, 9.17) is 26.2 Å². The summed E-state index contributed by atoms with van der Waals surface area (Å²) in [6.07, 6.45) is 2.26. The molecule has 0 bridgehead atoms. The smallest absolute Gasteiger partial charge is 0.317 e. The van der Waals surface area contributed by atoms with Gasteiger partial charge in [-0.1, -0.05) is 20.3 Å². The quantitative estimate of drug-likeness (QED) is 0.0379. The molecular weight excluding hydrogens is 586 g/mol. The van der Waals surface area contributed by atoms with Gasteiger partial charge in [-0.15, -0.1) is 0 Å². The van der Waals surface area contributed by atoms with Crippen LogP contribution in [0.4, 0.5) is 0 Å². The minimum Gasteiger partial charge on any atom is -0.480 e. The molecule has 0 aliphatic carbocycles. The van der Waals surface area contributed by atoms with Gasteiger partial charge in [-0.05, 0) is 25.2 Å². The summed E-state index contributed by atoms with van der Waals surface area (Å²) < 4.78 is 0. The van der Waals surface area contributed by atoms with Crippen LogP contribution in [0.1, 0.15) is 46.0 Å². The van der Waals surface area contributed by atoms with E-state index in [0.29, 0.717) is 25.7 Å². The number of hydrogen-bond acceptors (Lipinski definition) is 11. The molecule has 0 aliphatic heterocycles. The number of aliphatic carboxylic acids is 4. The molecule has 18 nitrogen and oxygen atoms in total. The lowest BCUT2D eigenvalue weighted by atomic mass is 10.0. The highest BCUT2D eigenvalue weighted by atomic mass is 16.4. The molecule has 0 aromatic rings. The van der Waals surface area contributed by atoms with Crippen LogP contribution < -0.4 is 21.9 Å². The van der Waals surface area contributed by atoms with E-state index >= 15 is 0 Å². The van der Waals surface area contributed by atoms with Crippen molar-refractivity contribution < 1.29 is 54.0 Å². The van der Waals surface area contributed by atoms with Crippen LogP contribution in [0.15, 0.2) is 0 Å². The first-order valence-electron chi connectivity index (χ1n) is 14.2. The summed E-state index contributed by atoms with van der Waals surface area (Å²) in [4.78, 5) is 84.7. The van der Waals surface area contributed by atoms with Gasteiger partial charge in [0, 0.05) is 39.1 Å². The van der Waals surface area contributed by atoms with Crippen molar-refractivity contribution in [2.75, 3.05) is 65.4 Å². The number of nitrogens with one attached hydrogen (secondary N) is 3. The average Bonchev–Trinajstić information content (AvgIpc) is 2.88. The van der Waals surface area contributed by atoms with Crippen LogP contribution in [0.5, 0.6) is 0 Å². The van der Waals surface area contributed by atoms with E-state index in [2.05, 4.69) is 16.2 Å². The normalized spacial score (nSPS) is 11.9. The summed E-state index contributed by atoms with van der Waals surface area (Å²) in [7, 11) is 0. The number of carboxylic acid groups (broad SMARTS) is 4. The average molecular weight is 634 g/mol. The topological polar surface area (TPSA) is 272 Å². The molecule has 0 saturated heterocycles. The molecule has 0 unspecified atom stereocenters. The van der Waals surface area contributed by atoms with Crippen LogP contribution in [0, 0.1) is 5.92 Å². The molecule has 1 atom stereocenters. The summed E-state index contributed by atoms with van der Waals surface area (Å²) in [5.41, 5.74) is 10.4. The lowest BCUT2D eigenvalue weighted by Gasteiger charge is -2.28. The third kappa shape index (κ3) is 22.7. The van der Waals surface area contributed by atoms with Crippen LogP contribution in [-0.2, 0) is 33.6 Å². The van der Waals surface area contributed by atoms with Gasteiger partial charge in [0.1, 0.15) is 0 Å². The van der Waals surface area contributed by atoms with E-state index in [1.54, 1.807) is 4.90 Å². The number of hydrogen-bond donors (Lipinski definition) is 8. The second-order valence-corrected chi connectivity index (χ2v) is 10.7. The van der Waals surface area contributed by atoms with Crippen LogP contribution >= 0.6 is 0 Å². The van der Waals surface area contributed by atoms with Crippen LogP contribution in [0.2, 0.25) is 0 Å². The predicted molar refractivity (Wildman–Crippen MR) is 155 cm³/mol. The van der Waals surface area contributed by atoms with Crippen molar-refractivity contribution in [1.29, 1.82) is 0 Å². The Bertz CT molecular complexity index is 893. The van der Waals surface area contributed by atoms with Gasteiger partial charge in [-0.2, -0.15) is 0 Å². The number of nitrogens with two attached hydrogens (primary N) is 1. The Morgan fingerprint density at radius 3 is 1.50 bits per heavy atom. The van der Waals surface area contributed by atoms with E-state index in [0.717, 1.165) is 9.80 Å². The second kappa shape index (κ2) is 22.6. The molecule has 252 valence electrons. The van der Waals surface area contributed by atoms with Gasteiger partial charge in [0.05, 0.1) is 38.8 Å². The first kappa shape index (κ1) is 40.1. The Hall–Kier alpha value is -3.87. The van der Waals surface area contributed by atoms with Gasteiger partial charge in [0.15, 0.2) is 0 Å². The number of nitrogens with zero attached hydrogens (tertiary/aromatic N) is 3. The zero-order valence-electron chi connectivity index (χ0n) is 25.3. The largest absolute Gasteiger partial charge is 0.480 e. The van der Waals surface area contributed by atoms with Crippen molar-refractivity contribution in [3.63, 3.8) is 0 Å². The highest BCUT2D eigenvalue weighted by Gasteiger charge is 2.20. The minimum atomic E-state index is -1.24. The number of carboxylic acids is 4. The Balaban J connectivity index is 4.80. The third-order valence-corrected chi connectivity index (χ3v) is 6.06. The van der Waals surface area contributed by atoms with Gasteiger partial charge >= 0.3 is 23.9 Å². The number of amides is 3. The van der Waals surface area contributed by atoms with Crippen molar-refractivity contribution in [3.05, 3.63) is 0 Å². The predicted octanol–water partition coefficient (Wildman–Crippen LogP) is -2.57. The SMILES string of the molecule is CC(C)C[C@@H](N)C(=O)NNC(=O)CCCCCNC(=O)CN(CCN(CC(=O)O)CC(=O)O)CCN(CC(=O)O)CC(=O)O. The molecule has 9 N–H and O–H groups in total. The van der Waals surface area contributed by atoms with Gasteiger partial charge in [-0.3, -0.25) is 59.1 Å². The Morgan fingerprint density at radius 2 is 1.07 bits per heavy atom. The Labute approximate surface area is 255 Å². The number of rotatable bonds is 25. The third-order valence-electron chi connectivity index (χ3n) is 6.06. The number of hydrazine groups is 1. The van der Waals surface area contributed by atoms with Crippen molar-refractivity contribution in [2.24, 2.45) is 11.7 Å². The molecule has 0 fully saturated rings. The van der Waals surface area contributed by atoms with Crippen molar-refractivity contribution in [2.45, 2.75) is 52.0 Å². The van der Waals surface area contributed by atoms with E-state index in [9.17, 15) is 33.6 Å². The lowest BCUT2D eigenvalue weighted by Crippen LogP contribution is -2.49. The summed E-state index contributed by atoms with van der Waals surface area (Å²) in [5.74, 6) is -5.99. The van der Waals surface area contributed by atoms with Crippen LogP contribution in [0.25, 0.3) is 0 Å². The Morgan fingerprint density at radius 1 is 0.614 bits per heavy atom. The zero-order valence-corrected chi connectivity index (χ0v) is 25.3. The van der Waals surface area contributed by atoms with E-state index in [1.165, 1.54) is 0 Å². The summed E-state index contributed by atoms with van der Waals surface area (Å²) in [6, 6.07) is -0.725. The molecule has 0 saturated carbocycles. The highest BCUT2D eigenvalue weighted by molar-refractivity contribution is 5.85. The maximum Gasteiger partial charge on any atom is 0.317 e. The Kier molecular flexibility index (Phi) is 20.6. The van der Waals surface area contributed by atoms with Gasteiger partial charge in [-0.25, -0.2) is 0 Å². The maximum absolute atomic E-state index is 12.6. The molecule has 3 amide bonds. The van der Waals surface area contributed by atoms with Crippen LogP contribution in [-0.4, -0.2) is 148 Å². The molecule has 0 aliphatic rings. The van der Waals surface area contributed by atoms with Crippen molar-refractivity contribution in [3.8, 4) is 0 Å². The van der Waals surface area contributed by atoms with Crippen molar-refractivity contribution in [1.82, 2.24) is 30.9 Å². The molecule has 18 heteroatoms. The molecular formula is C26H47N7O11. The standard InChI is InChI=1S/C26H47N7O11/c1-18(2)12-19(27)26(44)30-29-20(34)6-4-3-5-7-28-21(35)13-31(8-10-32(14-22(36)37)15-23(38)39)9-11-33(16-24(40)41)17-25(42)43/h18-19H,3-17,27H2,1-2H3,(H,28,35)(H,29,34)(H,30,44)(H,36,37)(H,38,39)(H,40,41)(H,42,43)/t19-/m1/s1. The number of carbonyl (C=O) groups is 7. The minimum absolute atomic E-state index is 0.0318. The highest BCUT2D eigenvalue weighted by Crippen LogP contribution is 2.03. The summed E-state index contributed by atoms with van der Waals surface area (Å²) in [6.45, 7) is 1.78. The van der Waals surface area contributed by atoms with Gasteiger partial charge < -0.3 is 31.5 Å². The van der Waals surface area contributed by atoms with E-state index in [1.807, 2.05) is 13.8 Å². The summed E-state index contributed by atoms with van der Waals surface area (Å²) in [5, 5.41) is 39.0. The molecule has 0 heterocycles. The first-order chi connectivity index (χ1) is 20.6. The van der Waals surface area contributed by atoms with E-state index in [-0.39, 0.29) is 57.5 Å². The molecule has 0 rings (SSSR count). The van der Waals surface area contributed by atoms with Gasteiger partial charge in [0.25, 0.3) is 5.91 Å². The molecule has 44 heavy (non-hydrogen) atoms. The fraction of sp³-hybridized carbons (Fsp3) is 0.731.